The molecule has 0 spiro atoms. The van der Waals surface area contributed by atoms with E-state index in [9.17, 15) is 4.79 Å². The van der Waals surface area contributed by atoms with Gasteiger partial charge in [-0.3, -0.25) is 4.79 Å². The Morgan fingerprint density at radius 1 is 1.12 bits per heavy atom. The highest BCUT2D eigenvalue weighted by atomic mass is 32.2. The molecule has 0 radical (unpaired) electrons. The van der Waals surface area contributed by atoms with Crippen LogP contribution < -0.4 is 0 Å². The lowest BCUT2D eigenvalue weighted by molar-refractivity contribution is 0.0969. The predicted molar refractivity (Wildman–Crippen MR) is 72.8 cm³/mol. The molecule has 0 N–H and O–H groups in total. The fraction of sp³-hybridized carbons (Fsp3) is 0.267. The summed E-state index contributed by atoms with van der Waals surface area (Å²) < 4.78 is 0.0204. The molecule has 0 saturated heterocycles. The van der Waals surface area contributed by atoms with Gasteiger partial charge in [-0.05, 0) is 30.7 Å². The first kappa shape index (κ1) is 10.8. The van der Waals surface area contributed by atoms with Gasteiger partial charge in [0.2, 0.25) is 0 Å². The van der Waals surface area contributed by atoms with Crippen LogP contribution >= 0.6 is 11.8 Å². The van der Waals surface area contributed by atoms with Crippen LogP contribution in [0.4, 0.5) is 0 Å². The molecule has 3 rings (SSSR count). The number of Topliss-reactive ketones (excluding diaryl/α,β-unsaturated/α-hetero) is 1. The highest BCUT2D eigenvalue weighted by molar-refractivity contribution is 8.00. The van der Waals surface area contributed by atoms with E-state index in [-0.39, 0.29) is 10.5 Å². The second-order valence-corrected chi connectivity index (χ2v) is 6.87. The minimum Gasteiger partial charge on any atom is -0.294 e. The molecule has 0 atom stereocenters. The Bertz CT molecular complexity index is 613. The van der Waals surface area contributed by atoms with E-state index in [1.807, 2.05) is 30.0 Å². The summed E-state index contributed by atoms with van der Waals surface area (Å²) in [6.07, 6.45) is 0.624. The maximum atomic E-state index is 12.3. The normalized spacial score (nSPS) is 18.1. The van der Waals surface area contributed by atoms with Gasteiger partial charge in [0, 0.05) is 21.6 Å². The fourth-order valence-corrected chi connectivity index (χ4v) is 3.69. The largest absolute Gasteiger partial charge is 0.294 e. The van der Waals surface area contributed by atoms with Crippen LogP contribution in [0.5, 0.6) is 0 Å². The van der Waals surface area contributed by atoms with Crippen LogP contribution in [0.1, 0.15) is 30.6 Å². The van der Waals surface area contributed by atoms with Crippen molar-refractivity contribution in [2.24, 2.45) is 0 Å². The Labute approximate surface area is 105 Å². The zero-order valence-corrected chi connectivity index (χ0v) is 10.8. The van der Waals surface area contributed by atoms with Gasteiger partial charge in [-0.15, -0.1) is 11.8 Å². The van der Waals surface area contributed by atoms with Crippen LogP contribution in [0.25, 0.3) is 10.8 Å². The average molecular weight is 242 g/mol. The van der Waals surface area contributed by atoms with E-state index in [0.717, 1.165) is 21.2 Å². The van der Waals surface area contributed by atoms with Crippen molar-refractivity contribution in [3.63, 3.8) is 0 Å². The summed E-state index contributed by atoms with van der Waals surface area (Å²) in [5, 5.41) is 2.25. The van der Waals surface area contributed by atoms with Crippen molar-refractivity contribution in [3.05, 3.63) is 42.0 Å². The highest BCUT2D eigenvalue weighted by Gasteiger charge is 2.32. The molecule has 1 nitrogen and oxygen atoms in total. The second kappa shape index (κ2) is 3.61. The van der Waals surface area contributed by atoms with Gasteiger partial charge in [-0.25, -0.2) is 0 Å². The third-order valence-corrected chi connectivity index (χ3v) is 4.40. The van der Waals surface area contributed by atoms with E-state index in [2.05, 4.69) is 32.0 Å². The predicted octanol–water partition coefficient (Wildman–Crippen LogP) is 4.30. The molecule has 0 aliphatic carbocycles. The number of carbonyl (C=O) groups excluding carboxylic acids is 1. The molecule has 0 aromatic heterocycles. The third kappa shape index (κ3) is 1.77. The van der Waals surface area contributed by atoms with E-state index in [0.29, 0.717) is 6.42 Å². The van der Waals surface area contributed by atoms with E-state index in [4.69, 9.17) is 0 Å². The minimum atomic E-state index is 0.0204. The number of carbonyl (C=O) groups is 1. The molecule has 1 aliphatic heterocycles. The van der Waals surface area contributed by atoms with E-state index in [1.54, 1.807) is 0 Å². The van der Waals surface area contributed by atoms with Crippen molar-refractivity contribution < 1.29 is 4.79 Å². The smallest absolute Gasteiger partial charge is 0.166 e. The van der Waals surface area contributed by atoms with Crippen molar-refractivity contribution in [2.75, 3.05) is 0 Å². The molecule has 1 heterocycles. The Morgan fingerprint density at radius 2 is 1.88 bits per heavy atom. The molecule has 2 aromatic carbocycles. The zero-order valence-electron chi connectivity index (χ0n) is 9.99. The first-order valence-electron chi connectivity index (χ1n) is 5.81. The van der Waals surface area contributed by atoms with Crippen LogP contribution in [0.2, 0.25) is 0 Å². The first-order chi connectivity index (χ1) is 8.07. The number of fused-ring (bicyclic) bond motifs is 3. The van der Waals surface area contributed by atoms with E-state index in [1.165, 1.54) is 0 Å². The van der Waals surface area contributed by atoms with Gasteiger partial charge >= 0.3 is 0 Å². The number of hydrogen-bond donors (Lipinski definition) is 0. The summed E-state index contributed by atoms with van der Waals surface area (Å²) in [7, 11) is 0. The molecule has 0 saturated carbocycles. The maximum Gasteiger partial charge on any atom is 0.166 e. The van der Waals surface area contributed by atoms with Gasteiger partial charge in [0.25, 0.3) is 0 Å². The Balaban J connectivity index is 2.31. The SMILES string of the molecule is CC1(C)CC(=O)c2c(ccc3ccccc23)S1. The highest BCUT2D eigenvalue weighted by Crippen LogP contribution is 2.44. The monoisotopic (exact) mass is 242 g/mol. The average Bonchev–Trinajstić information content (AvgIpc) is 2.26. The number of benzene rings is 2. The number of hydrogen-bond acceptors (Lipinski definition) is 2. The van der Waals surface area contributed by atoms with Gasteiger partial charge in [0.15, 0.2) is 5.78 Å². The van der Waals surface area contributed by atoms with E-state index >= 15 is 0 Å². The molecular weight excluding hydrogens is 228 g/mol. The van der Waals surface area contributed by atoms with Gasteiger partial charge in [0.05, 0.1) is 0 Å². The zero-order chi connectivity index (χ0) is 12.0. The third-order valence-electron chi connectivity index (χ3n) is 3.14. The fourth-order valence-electron chi connectivity index (χ4n) is 2.43. The topological polar surface area (TPSA) is 17.1 Å². The summed E-state index contributed by atoms with van der Waals surface area (Å²) in [6.45, 7) is 4.27. The van der Waals surface area contributed by atoms with Gasteiger partial charge < -0.3 is 0 Å². The Morgan fingerprint density at radius 3 is 2.71 bits per heavy atom. The van der Waals surface area contributed by atoms with Crippen molar-refractivity contribution in [1.82, 2.24) is 0 Å². The lowest BCUT2D eigenvalue weighted by atomic mass is 9.95. The lowest BCUT2D eigenvalue weighted by Crippen LogP contribution is -2.25. The number of rotatable bonds is 0. The molecule has 17 heavy (non-hydrogen) atoms. The summed E-state index contributed by atoms with van der Waals surface area (Å²) in [5.74, 6) is 0.278. The van der Waals surface area contributed by atoms with Crippen molar-refractivity contribution in [1.29, 1.82) is 0 Å². The molecule has 0 unspecified atom stereocenters. The Hall–Kier alpha value is -1.28. The molecule has 0 bridgehead atoms. The first-order valence-corrected chi connectivity index (χ1v) is 6.62. The summed E-state index contributed by atoms with van der Waals surface area (Å²) in [6, 6.07) is 12.3. The van der Waals surface area contributed by atoms with Crippen molar-refractivity contribution in [3.8, 4) is 0 Å². The Kier molecular flexibility index (Phi) is 2.30. The molecular formula is C15H14OS. The molecule has 2 heteroatoms. The van der Waals surface area contributed by atoms with Gasteiger partial charge in [-0.1, -0.05) is 30.3 Å². The molecule has 0 fully saturated rings. The molecule has 0 amide bonds. The van der Waals surface area contributed by atoms with Gasteiger partial charge in [-0.2, -0.15) is 0 Å². The number of thioether (sulfide) groups is 1. The quantitative estimate of drug-likeness (QED) is 0.685. The van der Waals surface area contributed by atoms with Crippen LogP contribution in [0, 0.1) is 0 Å². The van der Waals surface area contributed by atoms with Crippen LogP contribution in [0.3, 0.4) is 0 Å². The van der Waals surface area contributed by atoms with Crippen LogP contribution in [0.15, 0.2) is 41.3 Å². The lowest BCUT2D eigenvalue weighted by Gasteiger charge is -2.30. The summed E-state index contributed by atoms with van der Waals surface area (Å²) >= 11 is 1.81. The van der Waals surface area contributed by atoms with Crippen molar-refractivity contribution in [2.45, 2.75) is 29.9 Å². The van der Waals surface area contributed by atoms with E-state index < -0.39 is 0 Å². The van der Waals surface area contributed by atoms with Gasteiger partial charge in [0.1, 0.15) is 0 Å². The molecule has 2 aromatic rings. The summed E-state index contributed by atoms with van der Waals surface area (Å²) in [4.78, 5) is 13.4. The minimum absolute atomic E-state index is 0.0204. The molecule has 1 aliphatic rings. The summed E-state index contributed by atoms with van der Waals surface area (Å²) in [5.41, 5.74) is 0.924. The van der Waals surface area contributed by atoms with Crippen LogP contribution in [-0.4, -0.2) is 10.5 Å². The standard InChI is InChI=1S/C15H14OS/c1-15(2)9-12(16)14-11-6-4-3-5-10(11)7-8-13(14)17-15/h3-8H,9H2,1-2H3. The van der Waals surface area contributed by atoms with Crippen LogP contribution in [-0.2, 0) is 0 Å². The number of ketones is 1. The van der Waals surface area contributed by atoms with Crippen molar-refractivity contribution >= 4 is 28.3 Å². The second-order valence-electron chi connectivity index (χ2n) is 5.12. The molecule has 86 valence electrons. The maximum absolute atomic E-state index is 12.3.